The van der Waals surface area contributed by atoms with Gasteiger partial charge in [-0.05, 0) is 44.0 Å². The van der Waals surface area contributed by atoms with E-state index in [1.165, 1.54) is 30.6 Å². The highest BCUT2D eigenvalue weighted by Gasteiger charge is 2.23. The van der Waals surface area contributed by atoms with Crippen molar-refractivity contribution in [2.45, 2.75) is 39.3 Å². The molecule has 0 radical (unpaired) electrons. The number of hydrogen-bond acceptors (Lipinski definition) is 2. The molecule has 0 bridgehead atoms. The molecule has 0 spiro atoms. The van der Waals surface area contributed by atoms with Crippen LogP contribution in [0.5, 0.6) is 0 Å². The van der Waals surface area contributed by atoms with E-state index in [1.54, 1.807) is 0 Å². The van der Waals surface area contributed by atoms with Crippen LogP contribution in [0, 0.1) is 0 Å². The van der Waals surface area contributed by atoms with Crippen LogP contribution in [0.15, 0.2) is 24.3 Å². The maximum atomic E-state index is 3.42. The molecule has 1 fully saturated rings. The molecule has 1 N–H and O–H groups in total. The predicted octanol–water partition coefficient (Wildman–Crippen LogP) is 2.78. The molecule has 1 saturated heterocycles. The quantitative estimate of drug-likeness (QED) is 0.765. The summed E-state index contributed by atoms with van der Waals surface area (Å²) in [6.07, 6.45) is 2.53. The summed E-state index contributed by atoms with van der Waals surface area (Å²) >= 11 is 0. The first-order valence-electron chi connectivity index (χ1n) is 6.37. The van der Waals surface area contributed by atoms with E-state index in [1.807, 2.05) is 0 Å². The Kier molecular flexibility index (Phi) is 3.83. The Balaban J connectivity index is 1.89. The van der Waals surface area contributed by atoms with E-state index in [4.69, 9.17) is 0 Å². The van der Waals surface area contributed by atoms with Gasteiger partial charge in [-0.15, -0.1) is 0 Å². The first kappa shape index (κ1) is 11.5. The zero-order chi connectivity index (χ0) is 11.4. The van der Waals surface area contributed by atoms with Gasteiger partial charge >= 0.3 is 0 Å². The number of hydrogen-bond donors (Lipinski definition) is 1. The van der Waals surface area contributed by atoms with Gasteiger partial charge in [0.15, 0.2) is 0 Å². The van der Waals surface area contributed by atoms with Gasteiger partial charge in [0.2, 0.25) is 0 Å². The molecule has 88 valence electrons. The molecular formula is C14H22N2. The van der Waals surface area contributed by atoms with E-state index in [2.05, 4.69) is 48.3 Å². The largest absolute Gasteiger partial charge is 0.369 e. The summed E-state index contributed by atoms with van der Waals surface area (Å²) in [5.41, 5.74) is 2.75. The summed E-state index contributed by atoms with van der Waals surface area (Å²) in [7, 11) is 0. The highest BCUT2D eigenvalue weighted by Crippen LogP contribution is 2.25. The lowest BCUT2D eigenvalue weighted by atomic mass is 10.0. The summed E-state index contributed by atoms with van der Waals surface area (Å²) in [6, 6.07) is 9.70. The maximum Gasteiger partial charge on any atom is 0.0368 e. The van der Waals surface area contributed by atoms with Crippen molar-refractivity contribution in [1.82, 2.24) is 5.32 Å². The summed E-state index contributed by atoms with van der Waals surface area (Å²) < 4.78 is 0. The molecular weight excluding hydrogens is 196 g/mol. The van der Waals surface area contributed by atoms with Crippen molar-refractivity contribution in [2.24, 2.45) is 0 Å². The molecule has 16 heavy (non-hydrogen) atoms. The van der Waals surface area contributed by atoms with Gasteiger partial charge in [0.05, 0.1) is 0 Å². The SMILES string of the molecule is CCCNCc1ccc(N2CCC2C)cc1. The van der Waals surface area contributed by atoms with E-state index in [0.717, 1.165) is 19.1 Å². The summed E-state index contributed by atoms with van der Waals surface area (Å²) in [6.45, 7) is 7.80. The second-order valence-electron chi connectivity index (χ2n) is 4.67. The molecule has 1 aromatic carbocycles. The van der Waals surface area contributed by atoms with Crippen molar-refractivity contribution < 1.29 is 0 Å². The van der Waals surface area contributed by atoms with Crippen molar-refractivity contribution in [3.8, 4) is 0 Å². The molecule has 1 aromatic rings. The molecule has 2 nitrogen and oxygen atoms in total. The average Bonchev–Trinajstić information content (AvgIpc) is 2.30. The fraction of sp³-hybridized carbons (Fsp3) is 0.571. The Morgan fingerprint density at radius 3 is 2.56 bits per heavy atom. The second kappa shape index (κ2) is 5.35. The van der Waals surface area contributed by atoms with E-state index in [9.17, 15) is 0 Å². The minimum Gasteiger partial charge on any atom is -0.369 e. The van der Waals surface area contributed by atoms with E-state index >= 15 is 0 Å². The number of nitrogens with zero attached hydrogens (tertiary/aromatic N) is 1. The van der Waals surface area contributed by atoms with Gasteiger partial charge in [0, 0.05) is 24.8 Å². The van der Waals surface area contributed by atoms with Crippen LogP contribution in [0.3, 0.4) is 0 Å². The standard InChI is InChI=1S/C14H22N2/c1-3-9-15-11-13-4-6-14(7-5-13)16-10-8-12(16)2/h4-7,12,15H,3,8-11H2,1-2H3. The molecule has 0 saturated carbocycles. The van der Waals surface area contributed by atoms with E-state index < -0.39 is 0 Å². The van der Waals surface area contributed by atoms with Crippen molar-refractivity contribution in [3.63, 3.8) is 0 Å². The van der Waals surface area contributed by atoms with Crippen LogP contribution in [-0.2, 0) is 6.54 Å². The van der Waals surface area contributed by atoms with Gasteiger partial charge in [-0.2, -0.15) is 0 Å². The first-order valence-corrected chi connectivity index (χ1v) is 6.37. The Bertz CT molecular complexity index is 318. The minimum absolute atomic E-state index is 0.726. The number of rotatable bonds is 5. The molecule has 1 aliphatic heterocycles. The van der Waals surface area contributed by atoms with Gasteiger partial charge < -0.3 is 10.2 Å². The van der Waals surface area contributed by atoms with Crippen LogP contribution in [0.2, 0.25) is 0 Å². The molecule has 2 rings (SSSR count). The fourth-order valence-electron chi connectivity index (χ4n) is 2.11. The predicted molar refractivity (Wildman–Crippen MR) is 69.9 cm³/mol. The third-order valence-corrected chi connectivity index (χ3v) is 3.34. The van der Waals surface area contributed by atoms with Crippen molar-refractivity contribution in [3.05, 3.63) is 29.8 Å². The number of benzene rings is 1. The molecule has 1 unspecified atom stereocenters. The van der Waals surface area contributed by atoms with Gasteiger partial charge in [0.25, 0.3) is 0 Å². The van der Waals surface area contributed by atoms with E-state index in [0.29, 0.717) is 0 Å². The third-order valence-electron chi connectivity index (χ3n) is 3.34. The molecule has 0 aliphatic carbocycles. The molecule has 0 amide bonds. The molecule has 0 aromatic heterocycles. The van der Waals surface area contributed by atoms with Crippen LogP contribution < -0.4 is 10.2 Å². The monoisotopic (exact) mass is 218 g/mol. The minimum atomic E-state index is 0.726. The second-order valence-corrected chi connectivity index (χ2v) is 4.67. The molecule has 2 heteroatoms. The van der Waals surface area contributed by atoms with Crippen LogP contribution in [0.25, 0.3) is 0 Å². The van der Waals surface area contributed by atoms with Crippen LogP contribution in [-0.4, -0.2) is 19.1 Å². The number of nitrogens with one attached hydrogen (secondary N) is 1. The Labute approximate surface area is 98.7 Å². The molecule has 1 atom stereocenters. The average molecular weight is 218 g/mol. The Morgan fingerprint density at radius 1 is 1.31 bits per heavy atom. The van der Waals surface area contributed by atoms with Crippen molar-refractivity contribution >= 4 is 5.69 Å². The van der Waals surface area contributed by atoms with Crippen LogP contribution >= 0.6 is 0 Å². The maximum absolute atomic E-state index is 3.42. The van der Waals surface area contributed by atoms with E-state index in [-0.39, 0.29) is 0 Å². The van der Waals surface area contributed by atoms with Gasteiger partial charge in [-0.3, -0.25) is 0 Å². The van der Waals surface area contributed by atoms with Crippen molar-refractivity contribution in [2.75, 3.05) is 18.0 Å². The Morgan fingerprint density at radius 2 is 2.06 bits per heavy atom. The summed E-state index contributed by atoms with van der Waals surface area (Å²) in [5, 5.41) is 3.42. The molecule has 1 heterocycles. The van der Waals surface area contributed by atoms with Gasteiger partial charge in [0.1, 0.15) is 0 Å². The zero-order valence-corrected chi connectivity index (χ0v) is 10.4. The summed E-state index contributed by atoms with van der Waals surface area (Å²) in [5.74, 6) is 0. The van der Waals surface area contributed by atoms with Crippen molar-refractivity contribution in [1.29, 1.82) is 0 Å². The fourth-order valence-corrected chi connectivity index (χ4v) is 2.11. The van der Waals surface area contributed by atoms with Gasteiger partial charge in [-0.25, -0.2) is 0 Å². The van der Waals surface area contributed by atoms with Crippen LogP contribution in [0.4, 0.5) is 5.69 Å². The lowest BCUT2D eigenvalue weighted by Gasteiger charge is -2.40. The smallest absolute Gasteiger partial charge is 0.0368 e. The highest BCUT2D eigenvalue weighted by atomic mass is 15.2. The highest BCUT2D eigenvalue weighted by molar-refractivity contribution is 5.50. The lowest BCUT2D eigenvalue weighted by molar-refractivity contribution is 0.481. The topological polar surface area (TPSA) is 15.3 Å². The summed E-state index contributed by atoms with van der Waals surface area (Å²) in [4.78, 5) is 2.46. The van der Waals surface area contributed by atoms with Crippen LogP contribution in [0.1, 0.15) is 32.3 Å². The first-order chi connectivity index (χ1) is 7.81. The zero-order valence-electron chi connectivity index (χ0n) is 10.4. The molecule has 1 aliphatic rings. The van der Waals surface area contributed by atoms with Gasteiger partial charge in [-0.1, -0.05) is 19.1 Å². The lowest BCUT2D eigenvalue weighted by Crippen LogP contribution is -2.45. The number of anilines is 1. The Hall–Kier alpha value is -1.02. The third kappa shape index (κ3) is 2.56. The normalized spacial score (nSPS) is 19.6.